The van der Waals surface area contributed by atoms with Crippen molar-refractivity contribution in [2.45, 2.75) is 83.8 Å². The number of rotatable bonds is 16. The molecule has 0 bridgehead atoms. The highest BCUT2D eigenvalue weighted by Gasteiger charge is 2.09. The van der Waals surface area contributed by atoms with E-state index in [-0.39, 0.29) is 24.0 Å². The minimum Gasteiger partial charge on any atom is -0.393 e. The Kier molecular flexibility index (Phi) is 16.9. The number of allylic oxidation sites excluding steroid dienone is 5. The molecule has 0 aromatic rings. The van der Waals surface area contributed by atoms with Crippen molar-refractivity contribution in [2.24, 2.45) is 16.5 Å². The fraction of sp³-hybridized carbons (Fsp3) is 0.636. The van der Waals surface area contributed by atoms with Gasteiger partial charge in [-0.1, -0.05) is 57.1 Å². The summed E-state index contributed by atoms with van der Waals surface area (Å²) < 4.78 is 0. The highest BCUT2D eigenvalue weighted by atomic mass is 16.3. The summed E-state index contributed by atoms with van der Waals surface area (Å²) in [4.78, 5) is 16.1. The van der Waals surface area contributed by atoms with Crippen LogP contribution in [0, 0.1) is 0 Å². The van der Waals surface area contributed by atoms with Crippen molar-refractivity contribution in [1.82, 2.24) is 5.32 Å². The smallest absolute Gasteiger partial charge is 0.244 e. The maximum absolute atomic E-state index is 12.1. The zero-order valence-electron chi connectivity index (χ0n) is 17.6. The molecule has 0 radical (unpaired) electrons. The first-order valence-electron chi connectivity index (χ1n) is 10.5. The van der Waals surface area contributed by atoms with Crippen LogP contribution in [0.1, 0.15) is 71.6 Å². The van der Waals surface area contributed by atoms with Crippen LogP contribution in [0.2, 0.25) is 0 Å². The Bertz CT molecular complexity index is 509. The average molecular weight is 393 g/mol. The van der Waals surface area contributed by atoms with Gasteiger partial charge < -0.3 is 21.9 Å². The average Bonchev–Trinajstić information content (AvgIpc) is 2.67. The van der Waals surface area contributed by atoms with Crippen molar-refractivity contribution in [1.29, 1.82) is 0 Å². The Morgan fingerprint density at radius 2 is 1.75 bits per heavy atom. The molecule has 28 heavy (non-hydrogen) atoms. The summed E-state index contributed by atoms with van der Waals surface area (Å²) in [5.74, 6) is 0.0293. The second-order valence-corrected chi connectivity index (χ2v) is 6.96. The summed E-state index contributed by atoms with van der Waals surface area (Å²) in [6, 6.07) is 0.147. The van der Waals surface area contributed by atoms with Gasteiger partial charge >= 0.3 is 0 Å². The lowest BCUT2D eigenvalue weighted by Crippen LogP contribution is -2.33. The fourth-order valence-corrected chi connectivity index (χ4v) is 2.66. The highest BCUT2D eigenvalue weighted by Crippen LogP contribution is 2.07. The lowest BCUT2D eigenvalue weighted by Gasteiger charge is -2.17. The van der Waals surface area contributed by atoms with E-state index in [0.29, 0.717) is 6.54 Å². The van der Waals surface area contributed by atoms with Crippen LogP contribution in [0.15, 0.2) is 41.4 Å². The number of nitrogens with zero attached hydrogens (tertiary/aromatic N) is 1. The molecule has 0 rings (SSSR count). The van der Waals surface area contributed by atoms with E-state index >= 15 is 0 Å². The van der Waals surface area contributed by atoms with Crippen LogP contribution in [0.3, 0.4) is 0 Å². The van der Waals surface area contributed by atoms with Crippen LogP contribution in [-0.4, -0.2) is 35.7 Å². The molecule has 1 amide bonds. The third-order valence-electron chi connectivity index (χ3n) is 4.35. The molecule has 0 aliphatic heterocycles. The quantitative estimate of drug-likeness (QED) is 0.106. The maximum Gasteiger partial charge on any atom is 0.244 e. The molecule has 6 N–H and O–H groups in total. The van der Waals surface area contributed by atoms with Gasteiger partial charge in [0.15, 0.2) is 5.96 Å². The van der Waals surface area contributed by atoms with Crippen LogP contribution in [0.25, 0.3) is 0 Å². The number of aliphatic hydroxyl groups excluding tert-OH is 1. The number of hydrogen-bond donors (Lipinski definition) is 4. The Morgan fingerprint density at radius 1 is 1.04 bits per heavy atom. The van der Waals surface area contributed by atoms with Gasteiger partial charge in [-0.2, -0.15) is 0 Å². The van der Waals surface area contributed by atoms with E-state index in [9.17, 15) is 9.90 Å². The first-order valence-corrected chi connectivity index (χ1v) is 10.5. The molecule has 6 heteroatoms. The molecular formula is C22H40N4O2. The van der Waals surface area contributed by atoms with Crippen molar-refractivity contribution in [3.8, 4) is 0 Å². The molecule has 0 saturated heterocycles. The van der Waals surface area contributed by atoms with E-state index in [2.05, 4.69) is 23.3 Å². The largest absolute Gasteiger partial charge is 0.393 e. The first-order chi connectivity index (χ1) is 13.5. The molecule has 6 nitrogen and oxygen atoms in total. The van der Waals surface area contributed by atoms with Gasteiger partial charge in [0.1, 0.15) is 0 Å². The van der Waals surface area contributed by atoms with Crippen LogP contribution in [0.5, 0.6) is 0 Å². The van der Waals surface area contributed by atoms with Gasteiger partial charge in [-0.25, -0.2) is 0 Å². The molecule has 0 aromatic carbocycles. The molecule has 0 heterocycles. The van der Waals surface area contributed by atoms with E-state index in [1.165, 1.54) is 0 Å². The van der Waals surface area contributed by atoms with Crippen LogP contribution in [-0.2, 0) is 4.79 Å². The van der Waals surface area contributed by atoms with Gasteiger partial charge in [-0.05, 0) is 44.9 Å². The van der Waals surface area contributed by atoms with Crippen molar-refractivity contribution in [2.75, 3.05) is 6.54 Å². The van der Waals surface area contributed by atoms with Crippen LogP contribution in [0.4, 0.5) is 0 Å². The summed E-state index contributed by atoms with van der Waals surface area (Å²) in [6.07, 6.45) is 19.3. The number of aliphatic hydroxyl groups is 1. The summed E-state index contributed by atoms with van der Waals surface area (Å²) in [6.45, 7) is 4.72. The number of unbranched alkanes of at least 4 members (excludes halogenated alkanes) is 2. The molecule has 0 aliphatic carbocycles. The predicted molar refractivity (Wildman–Crippen MR) is 119 cm³/mol. The van der Waals surface area contributed by atoms with Gasteiger partial charge in [0.25, 0.3) is 0 Å². The second kappa shape index (κ2) is 18.3. The van der Waals surface area contributed by atoms with Crippen molar-refractivity contribution < 1.29 is 9.90 Å². The molecule has 0 aliphatic rings. The lowest BCUT2D eigenvalue weighted by molar-refractivity contribution is -0.117. The number of amides is 1. The van der Waals surface area contributed by atoms with Gasteiger partial charge in [0, 0.05) is 18.7 Å². The Balaban J connectivity index is 4.16. The summed E-state index contributed by atoms with van der Waals surface area (Å²) in [5.41, 5.74) is 10.7. The first kappa shape index (κ1) is 25.9. The van der Waals surface area contributed by atoms with Gasteiger partial charge in [-0.15, -0.1) is 0 Å². The highest BCUT2D eigenvalue weighted by molar-refractivity contribution is 5.87. The van der Waals surface area contributed by atoms with E-state index < -0.39 is 0 Å². The maximum atomic E-state index is 12.1. The third-order valence-corrected chi connectivity index (χ3v) is 4.35. The minimum atomic E-state index is -0.182. The molecule has 0 fully saturated rings. The summed E-state index contributed by atoms with van der Waals surface area (Å²) >= 11 is 0. The zero-order chi connectivity index (χ0) is 21.0. The Hall–Kier alpha value is -2.08. The van der Waals surface area contributed by atoms with E-state index in [0.717, 1.165) is 57.8 Å². The van der Waals surface area contributed by atoms with Crippen molar-refractivity contribution in [3.05, 3.63) is 36.5 Å². The fourth-order valence-electron chi connectivity index (χ4n) is 2.66. The summed E-state index contributed by atoms with van der Waals surface area (Å²) in [5, 5.41) is 12.5. The van der Waals surface area contributed by atoms with Crippen molar-refractivity contribution >= 4 is 11.9 Å². The SMILES string of the molecule is CCCC[C@H](CCCN=C(N)N)NC(=O)/C=C/C=C\C=C\CCC[C@H](O)CC. The zero-order valence-corrected chi connectivity index (χ0v) is 17.6. The molecule has 0 saturated carbocycles. The standard InChI is InChI=1S/C22H40N4O2/c1-3-5-14-19(15-13-18-25-22(23)24)26-21(28)17-12-10-8-6-7-9-11-16-20(27)4-2/h6-8,10,12,17,19-20,27H,3-5,9,11,13-16,18H2,1-2H3,(H,26,28)(H4,23,24,25)/b7-6+,10-8-,17-12+/t19-,20-/m1/s1. The summed E-state index contributed by atoms with van der Waals surface area (Å²) in [7, 11) is 0. The molecule has 0 aromatic heterocycles. The number of guanidine groups is 1. The molecule has 0 spiro atoms. The molecular weight excluding hydrogens is 352 g/mol. The van der Waals surface area contributed by atoms with Crippen LogP contribution >= 0.6 is 0 Å². The second-order valence-electron chi connectivity index (χ2n) is 6.96. The monoisotopic (exact) mass is 392 g/mol. The van der Waals surface area contributed by atoms with E-state index in [1.54, 1.807) is 12.2 Å². The number of carbonyl (C=O) groups excluding carboxylic acids is 1. The number of aliphatic imine (C=N–C) groups is 1. The minimum absolute atomic E-state index is 0.0786. The lowest BCUT2D eigenvalue weighted by atomic mass is 10.0. The molecule has 0 unspecified atom stereocenters. The predicted octanol–water partition coefficient (Wildman–Crippen LogP) is 3.32. The normalized spacial score (nSPS) is 14.0. The number of nitrogens with two attached hydrogens (primary N) is 2. The number of hydrogen-bond acceptors (Lipinski definition) is 3. The number of nitrogens with one attached hydrogen (secondary N) is 1. The van der Waals surface area contributed by atoms with Gasteiger partial charge in [-0.3, -0.25) is 9.79 Å². The van der Waals surface area contributed by atoms with Gasteiger partial charge in [0.05, 0.1) is 6.10 Å². The van der Waals surface area contributed by atoms with Crippen molar-refractivity contribution in [3.63, 3.8) is 0 Å². The Morgan fingerprint density at radius 3 is 2.43 bits per heavy atom. The van der Waals surface area contributed by atoms with Gasteiger partial charge in [0.2, 0.25) is 5.91 Å². The molecule has 2 atom stereocenters. The van der Waals surface area contributed by atoms with E-state index in [1.807, 2.05) is 25.2 Å². The van der Waals surface area contributed by atoms with E-state index in [4.69, 9.17) is 11.5 Å². The third kappa shape index (κ3) is 17.3. The number of carbonyl (C=O) groups is 1. The Labute approximate surface area is 170 Å². The topological polar surface area (TPSA) is 114 Å². The molecule has 160 valence electrons. The van der Waals surface area contributed by atoms with Crippen LogP contribution < -0.4 is 16.8 Å².